The summed E-state index contributed by atoms with van der Waals surface area (Å²) in [5.41, 5.74) is 1.74. The van der Waals surface area contributed by atoms with E-state index in [4.69, 9.17) is 4.74 Å². The van der Waals surface area contributed by atoms with Crippen LogP contribution in [-0.2, 0) is 20.8 Å². The Morgan fingerprint density at radius 1 is 1.04 bits per heavy atom. The van der Waals surface area contributed by atoms with Crippen molar-refractivity contribution in [2.75, 3.05) is 18.0 Å². The van der Waals surface area contributed by atoms with Gasteiger partial charge in [-0.05, 0) is 36.2 Å². The van der Waals surface area contributed by atoms with Gasteiger partial charge >= 0.3 is 5.97 Å². The Bertz CT molecular complexity index is 803. The Labute approximate surface area is 158 Å². The SMILES string of the molecule is O=C(Cc1ccccc1)NCCC(=O)Oc1ccc(N2CCCC2=O)cc1. The molecule has 1 fully saturated rings. The van der Waals surface area contributed by atoms with E-state index in [2.05, 4.69) is 5.32 Å². The second kappa shape index (κ2) is 8.98. The fourth-order valence-electron chi connectivity index (χ4n) is 2.95. The van der Waals surface area contributed by atoms with E-state index in [-0.39, 0.29) is 31.2 Å². The first kappa shape index (κ1) is 18.6. The van der Waals surface area contributed by atoms with Crippen LogP contribution in [0.2, 0.25) is 0 Å². The first-order valence-corrected chi connectivity index (χ1v) is 9.03. The zero-order valence-electron chi connectivity index (χ0n) is 15.0. The Balaban J connectivity index is 1.40. The van der Waals surface area contributed by atoms with E-state index < -0.39 is 5.97 Å². The van der Waals surface area contributed by atoms with Gasteiger partial charge in [-0.1, -0.05) is 30.3 Å². The minimum atomic E-state index is -0.417. The van der Waals surface area contributed by atoms with Gasteiger partial charge in [0.2, 0.25) is 11.8 Å². The highest BCUT2D eigenvalue weighted by Crippen LogP contribution is 2.24. The van der Waals surface area contributed by atoms with Crippen LogP contribution in [-0.4, -0.2) is 30.9 Å². The number of carbonyl (C=O) groups is 3. The van der Waals surface area contributed by atoms with Crippen molar-refractivity contribution in [2.45, 2.75) is 25.7 Å². The van der Waals surface area contributed by atoms with E-state index in [9.17, 15) is 14.4 Å². The molecule has 2 aromatic carbocycles. The van der Waals surface area contributed by atoms with Crippen LogP contribution in [0.25, 0.3) is 0 Å². The highest BCUT2D eigenvalue weighted by molar-refractivity contribution is 5.95. The first-order valence-electron chi connectivity index (χ1n) is 9.03. The topological polar surface area (TPSA) is 75.7 Å². The van der Waals surface area contributed by atoms with E-state index in [0.29, 0.717) is 12.2 Å². The molecule has 1 heterocycles. The average molecular weight is 366 g/mol. The van der Waals surface area contributed by atoms with Gasteiger partial charge in [-0.2, -0.15) is 0 Å². The molecule has 2 amide bonds. The summed E-state index contributed by atoms with van der Waals surface area (Å²) >= 11 is 0. The summed E-state index contributed by atoms with van der Waals surface area (Å²) < 4.78 is 5.27. The summed E-state index contributed by atoms with van der Waals surface area (Å²) in [6.45, 7) is 0.950. The number of amides is 2. The van der Waals surface area contributed by atoms with Gasteiger partial charge in [0, 0.05) is 25.2 Å². The molecular formula is C21H22N2O4. The van der Waals surface area contributed by atoms with Crippen LogP contribution in [0.5, 0.6) is 5.75 Å². The molecule has 1 N–H and O–H groups in total. The molecule has 1 saturated heterocycles. The van der Waals surface area contributed by atoms with Crippen molar-refractivity contribution in [3.8, 4) is 5.75 Å². The quantitative estimate of drug-likeness (QED) is 0.603. The summed E-state index contributed by atoms with van der Waals surface area (Å²) in [7, 11) is 0. The van der Waals surface area contributed by atoms with Crippen LogP contribution in [0.4, 0.5) is 5.69 Å². The van der Waals surface area contributed by atoms with Gasteiger partial charge < -0.3 is 15.0 Å². The van der Waals surface area contributed by atoms with Crippen LogP contribution >= 0.6 is 0 Å². The molecule has 1 aliphatic rings. The molecule has 0 saturated carbocycles. The van der Waals surface area contributed by atoms with E-state index in [1.54, 1.807) is 29.2 Å². The maximum absolute atomic E-state index is 11.9. The molecule has 1 aliphatic heterocycles. The Morgan fingerprint density at radius 2 is 1.78 bits per heavy atom. The van der Waals surface area contributed by atoms with Crippen LogP contribution in [0, 0.1) is 0 Å². The maximum Gasteiger partial charge on any atom is 0.312 e. The zero-order valence-corrected chi connectivity index (χ0v) is 15.0. The Kier molecular flexibility index (Phi) is 6.20. The molecule has 0 aliphatic carbocycles. The second-order valence-corrected chi connectivity index (χ2v) is 6.38. The molecule has 2 aromatic rings. The summed E-state index contributed by atoms with van der Waals surface area (Å²) in [4.78, 5) is 37.2. The third-order valence-electron chi connectivity index (χ3n) is 4.31. The van der Waals surface area contributed by atoms with E-state index >= 15 is 0 Å². The number of rotatable bonds is 7. The smallest absolute Gasteiger partial charge is 0.312 e. The number of esters is 1. The van der Waals surface area contributed by atoms with Crippen molar-refractivity contribution >= 4 is 23.5 Å². The van der Waals surface area contributed by atoms with Crippen molar-refractivity contribution in [2.24, 2.45) is 0 Å². The molecule has 6 nitrogen and oxygen atoms in total. The van der Waals surface area contributed by atoms with Crippen LogP contribution in [0.1, 0.15) is 24.8 Å². The molecule has 6 heteroatoms. The molecule has 0 atom stereocenters. The van der Waals surface area contributed by atoms with Crippen molar-refractivity contribution in [1.82, 2.24) is 5.32 Å². The molecule has 0 spiro atoms. The van der Waals surface area contributed by atoms with Crippen LogP contribution < -0.4 is 15.0 Å². The molecule has 27 heavy (non-hydrogen) atoms. The standard InChI is InChI=1S/C21H22N2O4/c24-19(15-16-5-2-1-3-6-16)22-13-12-21(26)27-18-10-8-17(9-11-18)23-14-4-7-20(23)25/h1-3,5-6,8-11H,4,7,12-15H2,(H,22,24). The summed E-state index contributed by atoms with van der Waals surface area (Å²) in [5, 5.41) is 2.71. The number of ether oxygens (including phenoxy) is 1. The van der Waals surface area contributed by atoms with Crippen molar-refractivity contribution in [3.05, 3.63) is 60.2 Å². The van der Waals surface area contributed by atoms with E-state index in [1.165, 1.54) is 0 Å². The van der Waals surface area contributed by atoms with E-state index in [1.807, 2.05) is 30.3 Å². The lowest BCUT2D eigenvalue weighted by Gasteiger charge is -2.15. The minimum Gasteiger partial charge on any atom is -0.426 e. The number of benzene rings is 2. The minimum absolute atomic E-state index is 0.0902. The molecule has 0 bridgehead atoms. The van der Waals surface area contributed by atoms with Gasteiger partial charge in [0.1, 0.15) is 5.75 Å². The predicted octanol–water partition coefficient (Wildman–Crippen LogP) is 2.47. The molecule has 0 aromatic heterocycles. The third kappa shape index (κ3) is 5.41. The normalized spacial score (nSPS) is 13.5. The number of hydrogen-bond donors (Lipinski definition) is 1. The molecule has 0 radical (unpaired) electrons. The Hall–Kier alpha value is -3.15. The fourth-order valence-corrected chi connectivity index (χ4v) is 2.95. The lowest BCUT2D eigenvalue weighted by atomic mass is 10.1. The summed E-state index contributed by atoms with van der Waals surface area (Å²) in [6, 6.07) is 16.3. The lowest BCUT2D eigenvalue weighted by Crippen LogP contribution is -2.28. The molecular weight excluding hydrogens is 344 g/mol. The highest BCUT2D eigenvalue weighted by atomic mass is 16.5. The number of hydrogen-bond acceptors (Lipinski definition) is 4. The van der Waals surface area contributed by atoms with Crippen molar-refractivity contribution in [3.63, 3.8) is 0 Å². The largest absolute Gasteiger partial charge is 0.426 e. The maximum atomic E-state index is 11.9. The summed E-state index contributed by atoms with van der Waals surface area (Å²) in [5.74, 6) is -0.00867. The van der Waals surface area contributed by atoms with E-state index in [0.717, 1.165) is 24.2 Å². The number of carbonyl (C=O) groups excluding carboxylic acids is 3. The highest BCUT2D eigenvalue weighted by Gasteiger charge is 2.21. The van der Waals surface area contributed by atoms with Gasteiger partial charge in [-0.25, -0.2) is 0 Å². The monoisotopic (exact) mass is 366 g/mol. The van der Waals surface area contributed by atoms with Gasteiger partial charge in [0.15, 0.2) is 0 Å². The molecule has 140 valence electrons. The number of nitrogens with zero attached hydrogens (tertiary/aromatic N) is 1. The van der Waals surface area contributed by atoms with Crippen molar-refractivity contribution < 1.29 is 19.1 Å². The van der Waals surface area contributed by atoms with Gasteiger partial charge in [-0.15, -0.1) is 0 Å². The average Bonchev–Trinajstić information content (AvgIpc) is 3.09. The van der Waals surface area contributed by atoms with Crippen molar-refractivity contribution in [1.29, 1.82) is 0 Å². The zero-order chi connectivity index (χ0) is 19.1. The van der Waals surface area contributed by atoms with Gasteiger partial charge in [0.25, 0.3) is 0 Å². The Morgan fingerprint density at radius 3 is 2.44 bits per heavy atom. The predicted molar refractivity (Wildman–Crippen MR) is 101 cm³/mol. The van der Waals surface area contributed by atoms with Gasteiger partial charge in [-0.3, -0.25) is 14.4 Å². The number of anilines is 1. The van der Waals surface area contributed by atoms with Gasteiger partial charge in [0.05, 0.1) is 12.8 Å². The summed E-state index contributed by atoms with van der Waals surface area (Å²) in [6.07, 6.45) is 1.82. The number of nitrogens with one attached hydrogen (secondary N) is 1. The fraction of sp³-hybridized carbons (Fsp3) is 0.286. The second-order valence-electron chi connectivity index (χ2n) is 6.38. The van der Waals surface area contributed by atoms with Crippen LogP contribution in [0.15, 0.2) is 54.6 Å². The lowest BCUT2D eigenvalue weighted by molar-refractivity contribution is -0.134. The third-order valence-corrected chi connectivity index (χ3v) is 4.31. The first-order chi connectivity index (χ1) is 13.1. The molecule has 3 rings (SSSR count). The van der Waals surface area contributed by atoms with Crippen LogP contribution in [0.3, 0.4) is 0 Å². The molecule has 0 unspecified atom stereocenters.